The van der Waals surface area contributed by atoms with Crippen molar-refractivity contribution in [1.82, 2.24) is 19.9 Å². The minimum Gasteiger partial charge on any atom is -0.504 e. The van der Waals surface area contributed by atoms with Gasteiger partial charge in [0, 0.05) is 195 Å². The van der Waals surface area contributed by atoms with Gasteiger partial charge in [0.15, 0.2) is 0 Å². The minimum absolute atomic E-state index is 0. The summed E-state index contributed by atoms with van der Waals surface area (Å²) in [6, 6.07) is 96.4. The van der Waals surface area contributed by atoms with E-state index >= 15 is 0 Å². The third kappa shape index (κ3) is 16.1. The maximum Gasteiger partial charge on any atom is 0.124 e. The van der Waals surface area contributed by atoms with Gasteiger partial charge in [-0.25, -0.2) is 19.9 Å². The summed E-state index contributed by atoms with van der Waals surface area (Å²) in [7, 11) is 11.8. The summed E-state index contributed by atoms with van der Waals surface area (Å²) in [5.74, 6) is 2.12. The summed E-state index contributed by atoms with van der Waals surface area (Å²) in [5, 5.41) is 0. The van der Waals surface area contributed by atoms with Gasteiger partial charge in [-0.1, -0.05) is 102 Å². The Morgan fingerprint density at radius 2 is 0.500 bits per heavy atom. The third-order valence-corrected chi connectivity index (χ3v) is 21.3. The Labute approximate surface area is 773 Å². The molecule has 14 aromatic rings. The van der Waals surface area contributed by atoms with E-state index in [0.717, 1.165) is 143 Å². The number of pyridine rings is 4. The molecule has 0 aliphatic carbocycles. The van der Waals surface area contributed by atoms with Crippen LogP contribution in [0.4, 0.5) is 169 Å². The third-order valence-electron chi connectivity index (χ3n) is 21.3. The molecule has 28 heteroatoms. The van der Waals surface area contributed by atoms with Gasteiger partial charge in [-0.15, -0.1) is 108 Å². The van der Waals surface area contributed by atoms with Crippen LogP contribution >= 0.6 is 0 Å². The Bertz CT molecular complexity index is 5980. The molecule has 22 nitrogen and oxygen atoms in total. The van der Waals surface area contributed by atoms with E-state index in [1.807, 2.05) is 299 Å². The van der Waals surface area contributed by atoms with Crippen molar-refractivity contribution in [3.8, 4) is 0 Å². The fourth-order valence-electron chi connectivity index (χ4n) is 15.6. The number of benzene rings is 10. The molecule has 0 unspecified atom stereocenters. The smallest absolute Gasteiger partial charge is 0.124 e. The van der Waals surface area contributed by atoms with Crippen molar-refractivity contribution in [2.75, 3.05) is 121 Å². The molecule has 124 heavy (non-hydrogen) atoms. The molecule has 0 spiro atoms. The predicted octanol–water partition coefficient (Wildman–Crippen LogP) is 22.0. The van der Waals surface area contributed by atoms with E-state index in [2.05, 4.69) is 167 Å². The zero-order valence-electron chi connectivity index (χ0n) is 67.2. The molecule has 22 rings (SSSR count). The maximum atomic E-state index is 14.8. The molecular formula is C96H72F2N22Os4-12. The Morgan fingerprint density at radius 3 is 0.823 bits per heavy atom. The summed E-state index contributed by atoms with van der Waals surface area (Å²) in [4.78, 5) is 57.5. The summed E-state index contributed by atoms with van der Waals surface area (Å²) in [6.45, 7) is 31.0. The predicted molar refractivity (Wildman–Crippen MR) is 475 cm³/mol. The number of hydrogen-bond donors (Lipinski definition) is 0. The van der Waals surface area contributed by atoms with Crippen molar-refractivity contribution in [2.45, 2.75) is 0 Å². The average Bonchev–Trinajstić information content (AvgIpc) is 1.60. The van der Waals surface area contributed by atoms with Crippen LogP contribution in [0, 0.1) is 102 Å². The van der Waals surface area contributed by atoms with Gasteiger partial charge in [-0.05, 0) is 164 Å². The molecule has 10 aromatic carbocycles. The molecule has 624 valence electrons. The van der Waals surface area contributed by atoms with Crippen LogP contribution in [0.2, 0.25) is 0 Å². The Kier molecular flexibility index (Phi) is 25.4. The first-order valence-corrected chi connectivity index (χ1v) is 38.4. The van der Waals surface area contributed by atoms with E-state index in [9.17, 15) is 8.78 Å². The summed E-state index contributed by atoms with van der Waals surface area (Å²) >= 11 is 0. The first-order chi connectivity index (χ1) is 58.7. The van der Waals surface area contributed by atoms with Crippen LogP contribution in [-0.2, 0) is 79.2 Å². The van der Waals surface area contributed by atoms with Gasteiger partial charge >= 0.3 is 0 Å². The van der Waals surface area contributed by atoms with Crippen molar-refractivity contribution < 1.29 is 87.9 Å². The molecule has 8 aliphatic heterocycles. The molecule has 0 fully saturated rings. The standard InChI is InChI=1S/C33H22N5.C22H17F2N4.C21H16N7.C20H17N6.4Os/c1-34-25-20-28(37-23-35(26-12-4-2-5-13-26)30-16-8-10-18-32(30)37)22-29(21-25)38-24-36(27-14-6-3-7-15-27)31-17-9-11-19-33(31)38;1-25-13-27(19-9-5-3-7-17(19)25)21-12-22(16(24)11-15(21)23)28-14-26(2)18-8-4-6-10-20(18)28;1-22-15-10-16(27-13-25(2)18-6-4-8-23-20(18)27)12-17(11-15)28-14-26(3)19-7-5-9-24-21(19)28;1-23-13-25(19-17(23)8-4-10-21-19)15-6-3-7-16(12-15)26-14-24(2)18-9-5-11-22-20(18)26;;;;/h2-21,23-24H;3-11,13-14H,1-2H3;4-11,13-14H,2-3H3;3-11,13-14H,1-2H3;;;;/q4*-3;;;;. The molecule has 0 bridgehead atoms. The van der Waals surface area contributed by atoms with Crippen LogP contribution in [0.3, 0.4) is 0 Å². The minimum atomic E-state index is -0.663. The largest absolute Gasteiger partial charge is 0.504 e. The number of rotatable bonds is 10. The molecule has 0 N–H and O–H groups in total. The van der Waals surface area contributed by atoms with Crippen molar-refractivity contribution in [1.29, 1.82) is 0 Å². The van der Waals surface area contributed by atoms with E-state index < -0.39 is 11.6 Å². The van der Waals surface area contributed by atoms with Crippen LogP contribution in [0.5, 0.6) is 0 Å². The number of fused-ring (bicyclic) bond motifs is 8. The molecule has 0 atom stereocenters. The van der Waals surface area contributed by atoms with Crippen molar-refractivity contribution in [3.05, 3.63) is 392 Å². The Balaban J connectivity index is 0.000000128. The van der Waals surface area contributed by atoms with Gasteiger partial charge in [-0.2, -0.15) is 46.1 Å². The first-order valence-electron chi connectivity index (χ1n) is 38.4. The van der Waals surface area contributed by atoms with Crippen LogP contribution < -0.4 is 78.4 Å². The molecule has 0 amide bonds. The van der Waals surface area contributed by atoms with Gasteiger partial charge < -0.3 is 78.4 Å². The van der Waals surface area contributed by atoms with Gasteiger partial charge in [0.1, 0.15) is 23.3 Å². The van der Waals surface area contributed by atoms with E-state index in [-0.39, 0.29) is 90.5 Å². The molecule has 4 aromatic heterocycles. The quantitative estimate of drug-likeness (QED) is 0.121. The van der Waals surface area contributed by atoms with Crippen molar-refractivity contribution in [3.63, 3.8) is 0 Å². The molecule has 0 saturated carbocycles. The Morgan fingerprint density at radius 1 is 0.250 bits per heavy atom. The van der Waals surface area contributed by atoms with Crippen LogP contribution in [0.1, 0.15) is 0 Å². The fourth-order valence-corrected chi connectivity index (χ4v) is 15.6. The second-order valence-corrected chi connectivity index (χ2v) is 28.8. The van der Waals surface area contributed by atoms with Gasteiger partial charge in [0.05, 0.1) is 24.5 Å². The SMILES string of the molecule is CN1[CH-]N(c2[c-]c(N3[CH-]N(C)c4ccccc43)c(F)cc2F)c2ccccc21.CN1[CH-]N(c2[c-]c(N3[CH-]N(C)c4cccnc43)ccc2)c2ncccc21.[C-]#[N+]c1cc(N2[CH-]N(C)c3cccnc32)[c-]c(N2[CH-]N(C)c3cccnc32)c1.[C-]#[N+]c1cc(N2[CH-]N(c3ccccc3)c3ccccc32)[c-]c(N2[CH-]N(c3ccccc3)c3ccccc32)c1.[Os].[Os].[Os].[Os]. The van der Waals surface area contributed by atoms with E-state index in [1.54, 1.807) is 35.5 Å². The second kappa shape index (κ2) is 36.6. The van der Waals surface area contributed by atoms with Crippen LogP contribution in [0.25, 0.3) is 9.69 Å². The average molecular weight is 2330 g/mol. The molecular weight excluding hydrogens is 2260 g/mol. The van der Waals surface area contributed by atoms with Gasteiger partial charge in [0.25, 0.3) is 0 Å². The first kappa shape index (κ1) is 85.9. The summed E-state index contributed by atoms with van der Waals surface area (Å²) in [6.07, 6.45) is 7.15. The zero-order valence-corrected chi connectivity index (χ0v) is 77.3. The summed E-state index contributed by atoms with van der Waals surface area (Å²) < 4.78 is 29.5. The molecule has 8 aliphatic rings. The normalized spacial score (nSPS) is 14.3. The zero-order chi connectivity index (χ0) is 81.8. The second-order valence-electron chi connectivity index (χ2n) is 28.8. The topological polar surface area (TPSA) is 112 Å². The molecule has 12 heterocycles. The van der Waals surface area contributed by atoms with Gasteiger partial charge in [-0.3, -0.25) is 18.5 Å². The number of aromatic nitrogens is 4. The Hall–Kier alpha value is -13.0. The number of anilines is 26. The molecule has 0 saturated heterocycles. The number of halogens is 2. The van der Waals surface area contributed by atoms with E-state index in [1.165, 1.54) is 0 Å². The fraction of sp³-hybridized carbons (Fsp3) is 0.0625. The molecule has 0 radical (unpaired) electrons. The van der Waals surface area contributed by atoms with Crippen molar-refractivity contribution >= 4 is 160 Å². The van der Waals surface area contributed by atoms with Crippen molar-refractivity contribution in [2.24, 2.45) is 0 Å². The number of nitrogens with zero attached hydrogens (tertiary/aromatic N) is 22. The monoisotopic (exact) mass is 2340 g/mol. The van der Waals surface area contributed by atoms with Crippen LogP contribution in [-0.4, -0.2) is 62.2 Å². The van der Waals surface area contributed by atoms with Crippen LogP contribution in [0.15, 0.2) is 280 Å². The number of para-hydroxylation sites is 10. The summed E-state index contributed by atoms with van der Waals surface area (Å²) in [5.41, 5.74) is 20.5. The number of hydrogen-bond acceptors (Lipinski definition) is 20. The van der Waals surface area contributed by atoms with E-state index in [4.69, 9.17) is 13.1 Å². The van der Waals surface area contributed by atoms with E-state index in [0.29, 0.717) is 11.4 Å². The van der Waals surface area contributed by atoms with Gasteiger partial charge in [0.2, 0.25) is 0 Å². The maximum absolute atomic E-state index is 14.8.